The van der Waals surface area contributed by atoms with Gasteiger partial charge in [-0.15, -0.1) is 0 Å². The van der Waals surface area contributed by atoms with Crippen LogP contribution in [0.4, 0.5) is 9.18 Å². The molecule has 3 fully saturated rings. The molecule has 3 saturated heterocycles. The average molecular weight is 380 g/mol. The first-order chi connectivity index (χ1) is 13.7. The Labute approximate surface area is 164 Å². The molecular weight excluding hydrogens is 355 g/mol. The molecule has 28 heavy (non-hydrogen) atoms. The zero-order chi connectivity index (χ0) is 19.1. The van der Waals surface area contributed by atoms with Crippen LogP contribution in [0.15, 0.2) is 48.5 Å². The van der Waals surface area contributed by atoms with Crippen molar-refractivity contribution in [3.8, 4) is 0 Å². The molecule has 2 aromatic rings. The van der Waals surface area contributed by atoms with E-state index in [1.807, 2.05) is 24.3 Å². The largest absolute Gasteiger partial charge is 0.444 e. The summed E-state index contributed by atoms with van der Waals surface area (Å²) in [7, 11) is 0. The van der Waals surface area contributed by atoms with Crippen molar-refractivity contribution >= 4 is 6.09 Å². The monoisotopic (exact) mass is 380 g/mol. The molecule has 2 atom stereocenters. The van der Waals surface area contributed by atoms with Gasteiger partial charge in [-0.3, -0.25) is 9.80 Å². The number of rotatable bonds is 2. The third-order valence-corrected chi connectivity index (χ3v) is 6.53. The molecule has 2 aromatic carbocycles. The minimum atomic E-state index is -0.311. The van der Waals surface area contributed by atoms with Gasteiger partial charge in [0, 0.05) is 13.1 Å². The molecule has 0 spiro atoms. The number of hydrogen-bond donors (Lipinski definition) is 0. The fourth-order valence-electron chi connectivity index (χ4n) is 5.04. The second-order valence-corrected chi connectivity index (χ2v) is 8.16. The van der Waals surface area contributed by atoms with Crippen molar-refractivity contribution in [2.45, 2.75) is 31.4 Å². The lowest BCUT2D eigenvalue weighted by molar-refractivity contribution is -0.0462. The summed E-state index contributed by atoms with van der Waals surface area (Å²) in [6.07, 6.45) is 2.70. The quantitative estimate of drug-likeness (QED) is 0.789. The van der Waals surface area contributed by atoms with Crippen molar-refractivity contribution in [1.29, 1.82) is 0 Å². The highest BCUT2D eigenvalue weighted by atomic mass is 19.1. The molecular formula is C23H25FN2O2. The van der Waals surface area contributed by atoms with Crippen LogP contribution in [-0.2, 0) is 11.2 Å². The van der Waals surface area contributed by atoms with Crippen molar-refractivity contribution in [2.24, 2.45) is 5.92 Å². The maximum Gasteiger partial charge on any atom is 0.410 e. The van der Waals surface area contributed by atoms with Crippen molar-refractivity contribution < 1.29 is 13.9 Å². The van der Waals surface area contributed by atoms with Crippen LogP contribution in [0.1, 0.15) is 35.6 Å². The van der Waals surface area contributed by atoms with Gasteiger partial charge < -0.3 is 4.74 Å². The van der Waals surface area contributed by atoms with E-state index in [1.54, 1.807) is 11.0 Å². The number of nitrogens with zero attached hydrogens (tertiary/aromatic N) is 2. The molecule has 4 aliphatic heterocycles. The van der Waals surface area contributed by atoms with E-state index in [0.29, 0.717) is 12.5 Å². The van der Waals surface area contributed by atoms with Gasteiger partial charge in [0.15, 0.2) is 0 Å². The van der Waals surface area contributed by atoms with Crippen LogP contribution < -0.4 is 0 Å². The van der Waals surface area contributed by atoms with Gasteiger partial charge >= 0.3 is 6.09 Å². The highest BCUT2D eigenvalue weighted by molar-refractivity contribution is 5.70. The smallest absolute Gasteiger partial charge is 0.410 e. The number of benzene rings is 2. The lowest BCUT2D eigenvalue weighted by atomic mass is 9.86. The maximum atomic E-state index is 14.0. The van der Waals surface area contributed by atoms with Crippen molar-refractivity contribution in [3.05, 3.63) is 71.0 Å². The lowest BCUT2D eigenvalue weighted by Crippen LogP contribution is -2.53. The van der Waals surface area contributed by atoms with Gasteiger partial charge in [-0.1, -0.05) is 36.4 Å². The van der Waals surface area contributed by atoms with Crippen LogP contribution in [0.5, 0.6) is 0 Å². The number of carbonyl (C=O) groups is 1. The summed E-state index contributed by atoms with van der Waals surface area (Å²) >= 11 is 0. The third-order valence-electron chi connectivity index (χ3n) is 6.53. The molecule has 4 heterocycles. The van der Waals surface area contributed by atoms with Crippen molar-refractivity contribution in [1.82, 2.24) is 9.80 Å². The molecule has 6 rings (SSSR count). The summed E-state index contributed by atoms with van der Waals surface area (Å²) in [6, 6.07) is 14.4. The minimum Gasteiger partial charge on any atom is -0.444 e. The Bertz CT molecular complexity index is 878. The highest BCUT2D eigenvalue weighted by Crippen LogP contribution is 2.37. The van der Waals surface area contributed by atoms with Crippen LogP contribution in [0, 0.1) is 11.7 Å². The van der Waals surface area contributed by atoms with E-state index in [4.69, 9.17) is 4.74 Å². The molecule has 2 bridgehead atoms. The topological polar surface area (TPSA) is 32.8 Å². The van der Waals surface area contributed by atoms with E-state index < -0.39 is 0 Å². The predicted octanol–water partition coefficient (Wildman–Crippen LogP) is 4.00. The molecule has 0 saturated carbocycles. The molecule has 0 aromatic heterocycles. The average Bonchev–Trinajstić information content (AvgIpc) is 2.73. The SMILES string of the molecule is O=C(OC1CN2CCC1CC2)N1CCc2ccccc2[C@@H]1c1cccc(F)c1. The van der Waals surface area contributed by atoms with Crippen LogP contribution in [0.3, 0.4) is 0 Å². The number of carbonyl (C=O) groups excluding carboxylic acids is 1. The van der Waals surface area contributed by atoms with Gasteiger partial charge in [0.05, 0.1) is 6.04 Å². The number of halogens is 1. The van der Waals surface area contributed by atoms with Crippen LogP contribution in [0.25, 0.3) is 0 Å². The minimum absolute atomic E-state index is 0.0275. The van der Waals surface area contributed by atoms with Gasteiger partial charge in [0.1, 0.15) is 11.9 Å². The van der Waals surface area contributed by atoms with Gasteiger partial charge in [0.2, 0.25) is 0 Å². The van der Waals surface area contributed by atoms with Crippen LogP contribution in [0.2, 0.25) is 0 Å². The van der Waals surface area contributed by atoms with E-state index in [9.17, 15) is 9.18 Å². The molecule has 4 nitrogen and oxygen atoms in total. The normalized spacial score (nSPS) is 28.7. The second kappa shape index (κ2) is 7.21. The Morgan fingerprint density at radius 3 is 2.61 bits per heavy atom. The molecule has 5 heteroatoms. The summed E-state index contributed by atoms with van der Waals surface area (Å²) in [5.74, 6) is 0.185. The van der Waals surface area contributed by atoms with E-state index in [2.05, 4.69) is 11.0 Å². The van der Waals surface area contributed by atoms with Gasteiger partial charge in [0.25, 0.3) is 0 Å². The number of amides is 1. The number of ether oxygens (including phenoxy) is 1. The second-order valence-electron chi connectivity index (χ2n) is 8.16. The Balaban J connectivity index is 1.44. The zero-order valence-electron chi connectivity index (χ0n) is 15.9. The van der Waals surface area contributed by atoms with Crippen LogP contribution >= 0.6 is 0 Å². The fraction of sp³-hybridized carbons (Fsp3) is 0.435. The maximum absolute atomic E-state index is 14.0. The van der Waals surface area contributed by atoms with Gasteiger partial charge in [-0.2, -0.15) is 0 Å². The van der Waals surface area contributed by atoms with E-state index in [1.165, 1.54) is 17.7 Å². The Hall–Kier alpha value is -2.40. The first-order valence-corrected chi connectivity index (χ1v) is 10.2. The summed E-state index contributed by atoms with van der Waals surface area (Å²) < 4.78 is 20.0. The van der Waals surface area contributed by atoms with Crippen molar-refractivity contribution in [2.75, 3.05) is 26.2 Å². The summed E-state index contributed by atoms with van der Waals surface area (Å²) in [6.45, 7) is 3.65. The fourth-order valence-corrected chi connectivity index (χ4v) is 5.04. The highest BCUT2D eigenvalue weighted by Gasteiger charge is 2.39. The molecule has 0 radical (unpaired) electrons. The van der Waals surface area contributed by atoms with Gasteiger partial charge in [-0.25, -0.2) is 9.18 Å². The van der Waals surface area contributed by atoms with E-state index >= 15 is 0 Å². The summed E-state index contributed by atoms with van der Waals surface area (Å²) in [5, 5.41) is 0. The summed E-state index contributed by atoms with van der Waals surface area (Å²) in [5.41, 5.74) is 3.06. The molecule has 0 aliphatic carbocycles. The first kappa shape index (κ1) is 17.7. The predicted molar refractivity (Wildman–Crippen MR) is 105 cm³/mol. The number of piperidine rings is 3. The van der Waals surface area contributed by atoms with E-state index in [-0.39, 0.29) is 24.1 Å². The van der Waals surface area contributed by atoms with Crippen LogP contribution in [-0.4, -0.2) is 48.2 Å². The Morgan fingerprint density at radius 1 is 1.04 bits per heavy atom. The molecule has 1 amide bonds. The molecule has 1 unspecified atom stereocenters. The van der Waals surface area contributed by atoms with Gasteiger partial charge in [-0.05, 0) is 67.1 Å². The van der Waals surface area contributed by atoms with E-state index in [0.717, 1.165) is 50.0 Å². The Kier molecular flexibility index (Phi) is 4.55. The Morgan fingerprint density at radius 2 is 1.86 bits per heavy atom. The van der Waals surface area contributed by atoms with Crippen molar-refractivity contribution in [3.63, 3.8) is 0 Å². The lowest BCUT2D eigenvalue weighted by Gasteiger charge is -2.45. The third kappa shape index (κ3) is 3.18. The molecule has 0 N–H and O–H groups in total. The number of hydrogen-bond acceptors (Lipinski definition) is 3. The zero-order valence-corrected chi connectivity index (χ0v) is 15.9. The number of fused-ring (bicyclic) bond motifs is 4. The molecule has 4 aliphatic rings. The standard InChI is InChI=1S/C23H25FN2O2/c24-19-6-3-5-18(14-19)22-20-7-2-1-4-16(20)10-13-26(22)23(27)28-21-15-25-11-8-17(21)9-12-25/h1-7,14,17,21-22H,8-13,15H2/t21?,22-/m0/s1. The molecule has 146 valence electrons. The summed E-state index contributed by atoms with van der Waals surface area (Å²) in [4.78, 5) is 17.4. The first-order valence-electron chi connectivity index (χ1n) is 10.2.